The molecule has 0 aliphatic carbocycles. The quantitative estimate of drug-likeness (QED) is 0.269. The lowest BCUT2D eigenvalue weighted by Crippen LogP contribution is -2.39. The van der Waals surface area contributed by atoms with Crippen LogP contribution in [-0.2, 0) is 4.79 Å². The molecule has 1 rings (SSSR count). The molecule has 27 heavy (non-hydrogen) atoms. The predicted octanol–water partition coefficient (Wildman–Crippen LogP) is 4.03. The van der Waals surface area contributed by atoms with E-state index < -0.39 is 5.97 Å². The van der Waals surface area contributed by atoms with Gasteiger partial charge in [0.2, 0.25) is 0 Å². The van der Waals surface area contributed by atoms with E-state index in [2.05, 4.69) is 23.6 Å². The second-order valence-electron chi connectivity index (χ2n) is 7.08. The van der Waals surface area contributed by atoms with Crippen molar-refractivity contribution in [1.29, 1.82) is 0 Å². The lowest BCUT2D eigenvalue weighted by molar-refractivity contribution is -0.137. The normalized spacial score (nSPS) is 15.6. The number of aliphatic hydroxyl groups excluding tert-OH is 1. The average Bonchev–Trinajstić information content (AvgIpc) is 2.68. The molecule has 0 spiro atoms. The first-order chi connectivity index (χ1) is 13.2. The Labute approximate surface area is 166 Å². The molecule has 1 fully saturated rings. The van der Waals surface area contributed by atoms with Crippen molar-refractivity contribution in [1.82, 2.24) is 10.6 Å². The minimum Gasteiger partial charge on any atom is -0.481 e. The Balaban J connectivity index is 0.000000941. The minimum atomic E-state index is -0.693. The Bertz CT molecular complexity index is 368. The van der Waals surface area contributed by atoms with Crippen LogP contribution in [0.15, 0.2) is 24.3 Å². The minimum absolute atomic E-state index is 0.297. The van der Waals surface area contributed by atoms with E-state index >= 15 is 0 Å². The topological polar surface area (TPSA) is 81.6 Å². The SMILES string of the molecule is C1CNCCN1.CCCCCC(O)/C=C/C=C\CCCCCCCC(=O)O. The number of piperazine rings is 1. The monoisotopic (exact) mass is 382 g/mol. The van der Waals surface area contributed by atoms with Gasteiger partial charge in [-0.15, -0.1) is 0 Å². The number of aliphatic carboxylic acids is 1. The number of unbranched alkanes of at least 4 members (excludes halogenated alkanes) is 7. The molecule has 1 saturated heterocycles. The Hall–Kier alpha value is -1.17. The largest absolute Gasteiger partial charge is 0.481 e. The number of carbonyl (C=O) groups is 1. The molecule has 1 aliphatic rings. The summed E-state index contributed by atoms with van der Waals surface area (Å²) < 4.78 is 0. The standard InChI is InChI=1S/C18H32O3.C4H10N2/c1-2-3-11-14-17(19)15-12-9-7-5-4-6-8-10-13-16-18(20)21;1-2-6-4-3-5-1/h7,9,12,15,17,19H,2-6,8,10-11,13-14,16H2,1H3,(H,20,21);5-6H,1-4H2/b9-7-,15-12+;. The maximum Gasteiger partial charge on any atom is 0.303 e. The lowest BCUT2D eigenvalue weighted by atomic mass is 10.1. The molecule has 0 aromatic rings. The third kappa shape index (κ3) is 22.8. The average molecular weight is 383 g/mol. The van der Waals surface area contributed by atoms with Crippen LogP contribution < -0.4 is 10.6 Å². The van der Waals surface area contributed by atoms with Crippen LogP contribution in [0.1, 0.15) is 77.6 Å². The van der Waals surface area contributed by atoms with Gasteiger partial charge in [0, 0.05) is 32.6 Å². The molecule has 4 N–H and O–H groups in total. The van der Waals surface area contributed by atoms with Crippen LogP contribution >= 0.6 is 0 Å². The van der Waals surface area contributed by atoms with Gasteiger partial charge in [0.25, 0.3) is 0 Å². The summed E-state index contributed by atoms with van der Waals surface area (Å²) in [4.78, 5) is 10.3. The molecule has 5 nitrogen and oxygen atoms in total. The summed E-state index contributed by atoms with van der Waals surface area (Å²) in [6, 6.07) is 0. The second-order valence-corrected chi connectivity index (χ2v) is 7.08. The summed E-state index contributed by atoms with van der Waals surface area (Å²) in [5.41, 5.74) is 0. The van der Waals surface area contributed by atoms with Gasteiger partial charge in [0.15, 0.2) is 0 Å². The summed E-state index contributed by atoms with van der Waals surface area (Å²) in [5, 5.41) is 24.6. The number of nitrogens with one attached hydrogen (secondary N) is 2. The number of aliphatic hydroxyl groups is 1. The summed E-state index contributed by atoms with van der Waals surface area (Å²) in [7, 11) is 0. The molecule has 1 unspecified atom stereocenters. The zero-order valence-electron chi connectivity index (χ0n) is 17.3. The molecule has 1 heterocycles. The number of allylic oxidation sites excluding steroid dienone is 3. The summed E-state index contributed by atoms with van der Waals surface area (Å²) in [5.74, 6) is -0.693. The Kier molecular flexibility index (Phi) is 20.2. The van der Waals surface area contributed by atoms with Crippen LogP contribution in [0.4, 0.5) is 0 Å². The van der Waals surface area contributed by atoms with Crippen molar-refractivity contribution in [2.24, 2.45) is 0 Å². The predicted molar refractivity (Wildman–Crippen MR) is 114 cm³/mol. The molecular weight excluding hydrogens is 340 g/mol. The van der Waals surface area contributed by atoms with Crippen molar-refractivity contribution in [2.75, 3.05) is 26.2 Å². The number of carboxylic acid groups (broad SMARTS) is 1. The summed E-state index contributed by atoms with van der Waals surface area (Å²) in [6.45, 7) is 6.72. The van der Waals surface area contributed by atoms with Gasteiger partial charge in [0.1, 0.15) is 0 Å². The molecular formula is C22H42N2O3. The van der Waals surface area contributed by atoms with E-state index in [1.54, 1.807) is 0 Å². The van der Waals surface area contributed by atoms with Crippen molar-refractivity contribution < 1.29 is 15.0 Å². The number of carboxylic acids is 1. The molecule has 0 radical (unpaired) electrons. The lowest BCUT2D eigenvalue weighted by Gasteiger charge is -2.11. The summed E-state index contributed by atoms with van der Waals surface area (Å²) >= 11 is 0. The second kappa shape index (κ2) is 21.1. The van der Waals surface area contributed by atoms with Crippen molar-refractivity contribution in [3.63, 3.8) is 0 Å². The number of hydrogen-bond acceptors (Lipinski definition) is 4. The van der Waals surface area contributed by atoms with E-state index in [-0.39, 0.29) is 6.10 Å². The first-order valence-electron chi connectivity index (χ1n) is 10.8. The van der Waals surface area contributed by atoms with Gasteiger partial charge in [-0.2, -0.15) is 0 Å². The molecule has 1 aliphatic heterocycles. The molecule has 158 valence electrons. The van der Waals surface area contributed by atoms with Crippen LogP contribution in [0.3, 0.4) is 0 Å². The van der Waals surface area contributed by atoms with Gasteiger partial charge in [-0.1, -0.05) is 69.8 Å². The summed E-state index contributed by atoms with van der Waals surface area (Å²) in [6.07, 6.45) is 18.5. The van der Waals surface area contributed by atoms with E-state index in [1.165, 1.54) is 12.8 Å². The van der Waals surface area contributed by atoms with Gasteiger partial charge in [-0.3, -0.25) is 4.79 Å². The highest BCUT2D eigenvalue weighted by molar-refractivity contribution is 5.66. The number of hydrogen-bond donors (Lipinski definition) is 4. The van der Waals surface area contributed by atoms with Crippen LogP contribution in [0.5, 0.6) is 0 Å². The highest BCUT2D eigenvalue weighted by Crippen LogP contribution is 2.08. The van der Waals surface area contributed by atoms with Crippen molar-refractivity contribution in [2.45, 2.75) is 83.7 Å². The maximum atomic E-state index is 10.3. The highest BCUT2D eigenvalue weighted by Gasteiger charge is 1.97. The molecule has 5 heteroatoms. The van der Waals surface area contributed by atoms with Gasteiger partial charge >= 0.3 is 5.97 Å². The van der Waals surface area contributed by atoms with Crippen molar-refractivity contribution in [3.8, 4) is 0 Å². The van der Waals surface area contributed by atoms with Gasteiger partial charge in [-0.05, 0) is 25.7 Å². The molecule has 0 saturated carbocycles. The first-order valence-corrected chi connectivity index (χ1v) is 10.8. The van der Waals surface area contributed by atoms with Gasteiger partial charge in [0.05, 0.1) is 6.10 Å². The van der Waals surface area contributed by atoms with Gasteiger partial charge < -0.3 is 20.8 Å². The molecule has 1 atom stereocenters. The van der Waals surface area contributed by atoms with Crippen molar-refractivity contribution >= 4 is 5.97 Å². The smallest absolute Gasteiger partial charge is 0.303 e. The fourth-order valence-electron chi connectivity index (χ4n) is 2.74. The maximum absolute atomic E-state index is 10.3. The van der Waals surface area contributed by atoms with Crippen LogP contribution in [0.2, 0.25) is 0 Å². The zero-order valence-corrected chi connectivity index (χ0v) is 17.3. The van der Waals surface area contributed by atoms with Crippen LogP contribution in [0, 0.1) is 0 Å². The fraction of sp³-hybridized carbons (Fsp3) is 0.773. The molecule has 0 aromatic heterocycles. The molecule has 0 amide bonds. The Morgan fingerprint density at radius 2 is 1.56 bits per heavy atom. The fourth-order valence-corrected chi connectivity index (χ4v) is 2.74. The Morgan fingerprint density at radius 1 is 0.926 bits per heavy atom. The molecule has 0 aromatic carbocycles. The third-order valence-corrected chi connectivity index (χ3v) is 4.40. The number of rotatable bonds is 14. The van der Waals surface area contributed by atoms with Crippen molar-refractivity contribution in [3.05, 3.63) is 24.3 Å². The van der Waals surface area contributed by atoms with Crippen LogP contribution in [-0.4, -0.2) is 48.5 Å². The van der Waals surface area contributed by atoms with E-state index in [9.17, 15) is 9.90 Å². The van der Waals surface area contributed by atoms with Crippen LogP contribution in [0.25, 0.3) is 0 Å². The third-order valence-electron chi connectivity index (χ3n) is 4.40. The zero-order chi connectivity index (χ0) is 20.0. The van der Waals surface area contributed by atoms with Gasteiger partial charge in [-0.25, -0.2) is 0 Å². The highest BCUT2D eigenvalue weighted by atomic mass is 16.4. The van der Waals surface area contributed by atoms with E-state index in [1.807, 2.05) is 18.2 Å². The Morgan fingerprint density at radius 3 is 2.15 bits per heavy atom. The van der Waals surface area contributed by atoms with E-state index in [0.29, 0.717) is 6.42 Å². The van der Waals surface area contributed by atoms with E-state index in [4.69, 9.17) is 5.11 Å². The first kappa shape index (κ1) is 25.8. The van der Waals surface area contributed by atoms with E-state index in [0.717, 1.165) is 77.5 Å². The molecule has 0 bridgehead atoms.